The monoisotopic (exact) mass is 193 g/mol. The van der Waals surface area contributed by atoms with E-state index in [1.54, 1.807) is 17.5 Å². The Morgan fingerprint density at radius 1 is 1.54 bits per heavy atom. The number of thiophene rings is 1. The molecular weight excluding hydrogens is 182 g/mol. The molecule has 0 saturated carbocycles. The van der Waals surface area contributed by atoms with Crippen molar-refractivity contribution in [1.29, 1.82) is 0 Å². The third-order valence-electron chi connectivity index (χ3n) is 1.90. The van der Waals surface area contributed by atoms with Gasteiger partial charge in [-0.3, -0.25) is 0 Å². The van der Waals surface area contributed by atoms with E-state index in [-0.39, 0.29) is 0 Å². The number of nitrogens with zero attached hydrogens (tertiary/aromatic N) is 2. The molecule has 0 aliphatic carbocycles. The molecule has 0 amide bonds. The number of aromatic nitrogens is 2. The zero-order valence-corrected chi connectivity index (χ0v) is 8.21. The maximum Gasteiger partial charge on any atom is 0.149 e. The molecule has 2 heterocycles. The van der Waals surface area contributed by atoms with Crippen LogP contribution >= 0.6 is 11.3 Å². The van der Waals surface area contributed by atoms with Crippen molar-refractivity contribution >= 4 is 11.3 Å². The Bertz CT molecular complexity index is 402. The van der Waals surface area contributed by atoms with Gasteiger partial charge >= 0.3 is 0 Å². The fraction of sp³-hybridized carbons (Fsp3) is 0.222. The van der Waals surface area contributed by atoms with Crippen molar-refractivity contribution in [3.63, 3.8) is 0 Å². The van der Waals surface area contributed by atoms with Gasteiger partial charge in [-0.15, -0.1) is 11.3 Å². The van der Waals surface area contributed by atoms with Crippen molar-refractivity contribution in [2.24, 2.45) is 12.8 Å². The number of imidazole rings is 1. The van der Waals surface area contributed by atoms with E-state index in [1.807, 2.05) is 17.8 Å². The average Bonchev–Trinajstić information content (AvgIpc) is 2.71. The Kier molecular flexibility index (Phi) is 2.16. The summed E-state index contributed by atoms with van der Waals surface area (Å²) in [5.74, 6) is 1.00. The van der Waals surface area contributed by atoms with Gasteiger partial charge in [-0.2, -0.15) is 0 Å². The summed E-state index contributed by atoms with van der Waals surface area (Å²) in [4.78, 5) is 6.63. The van der Waals surface area contributed by atoms with Gasteiger partial charge in [0, 0.05) is 30.9 Å². The molecular formula is C9H11N3S. The van der Waals surface area contributed by atoms with Gasteiger partial charge in [-0.1, -0.05) is 0 Å². The highest BCUT2D eigenvalue weighted by atomic mass is 32.1. The molecule has 0 aliphatic heterocycles. The molecule has 2 N–H and O–H groups in total. The molecule has 0 atom stereocenters. The molecule has 0 aliphatic rings. The summed E-state index contributed by atoms with van der Waals surface area (Å²) in [5, 5.41) is 0. The SMILES string of the molecule is Cn1ccnc1-c1ccc(CN)s1. The molecule has 3 nitrogen and oxygen atoms in total. The first kappa shape index (κ1) is 8.47. The molecule has 2 rings (SSSR count). The van der Waals surface area contributed by atoms with Crippen molar-refractivity contribution in [2.75, 3.05) is 0 Å². The molecule has 0 unspecified atom stereocenters. The van der Waals surface area contributed by atoms with Crippen LogP contribution in [0, 0.1) is 0 Å². The molecule has 13 heavy (non-hydrogen) atoms. The largest absolute Gasteiger partial charge is 0.333 e. The smallest absolute Gasteiger partial charge is 0.149 e. The summed E-state index contributed by atoms with van der Waals surface area (Å²) >= 11 is 1.70. The predicted octanol–water partition coefficient (Wildman–Crippen LogP) is 1.61. The highest BCUT2D eigenvalue weighted by Crippen LogP contribution is 2.25. The first-order chi connectivity index (χ1) is 6.31. The van der Waals surface area contributed by atoms with Gasteiger partial charge < -0.3 is 10.3 Å². The van der Waals surface area contributed by atoms with Crippen molar-refractivity contribution in [2.45, 2.75) is 6.54 Å². The highest BCUT2D eigenvalue weighted by Gasteiger charge is 2.05. The van der Waals surface area contributed by atoms with Gasteiger partial charge in [0.15, 0.2) is 0 Å². The Hall–Kier alpha value is -1.13. The molecule has 0 saturated heterocycles. The van der Waals surface area contributed by atoms with Crippen molar-refractivity contribution < 1.29 is 0 Å². The normalized spacial score (nSPS) is 10.6. The van der Waals surface area contributed by atoms with Gasteiger partial charge in [0.25, 0.3) is 0 Å². The van der Waals surface area contributed by atoms with E-state index >= 15 is 0 Å². The number of rotatable bonds is 2. The summed E-state index contributed by atoms with van der Waals surface area (Å²) < 4.78 is 2.01. The standard InChI is InChI=1S/C9H11N3S/c1-12-5-4-11-9(12)8-3-2-7(6-10)13-8/h2-5H,6,10H2,1H3. The van der Waals surface area contributed by atoms with Crippen LogP contribution in [0.15, 0.2) is 24.5 Å². The lowest BCUT2D eigenvalue weighted by Crippen LogP contribution is -1.91. The summed E-state index contributed by atoms with van der Waals surface area (Å²) in [7, 11) is 1.99. The van der Waals surface area contributed by atoms with E-state index in [4.69, 9.17) is 5.73 Å². The summed E-state index contributed by atoms with van der Waals surface area (Å²) in [6, 6.07) is 4.11. The lowest BCUT2D eigenvalue weighted by atomic mass is 10.4. The first-order valence-electron chi connectivity index (χ1n) is 4.07. The van der Waals surface area contributed by atoms with Gasteiger partial charge in [0.05, 0.1) is 4.88 Å². The van der Waals surface area contributed by atoms with E-state index in [0.29, 0.717) is 6.54 Å². The minimum Gasteiger partial charge on any atom is -0.333 e. The van der Waals surface area contributed by atoms with Crippen LogP contribution in [0.2, 0.25) is 0 Å². The molecule has 68 valence electrons. The zero-order chi connectivity index (χ0) is 9.26. The Labute approximate surface area is 80.8 Å². The van der Waals surface area contributed by atoms with Gasteiger partial charge in [0.2, 0.25) is 0 Å². The summed E-state index contributed by atoms with van der Waals surface area (Å²) in [5.41, 5.74) is 5.54. The van der Waals surface area contributed by atoms with Crippen LogP contribution in [-0.2, 0) is 13.6 Å². The topological polar surface area (TPSA) is 43.8 Å². The molecule has 0 radical (unpaired) electrons. The molecule has 0 spiro atoms. The van der Waals surface area contributed by atoms with Crippen LogP contribution in [0.4, 0.5) is 0 Å². The van der Waals surface area contributed by atoms with Crippen molar-refractivity contribution in [3.05, 3.63) is 29.4 Å². The third kappa shape index (κ3) is 1.50. The fourth-order valence-electron chi connectivity index (χ4n) is 1.21. The second-order valence-corrected chi connectivity index (χ2v) is 4.00. The maximum atomic E-state index is 5.54. The second kappa shape index (κ2) is 3.32. The second-order valence-electron chi connectivity index (χ2n) is 2.83. The Balaban J connectivity index is 2.41. The Morgan fingerprint density at radius 2 is 2.38 bits per heavy atom. The first-order valence-corrected chi connectivity index (χ1v) is 4.89. The molecule has 0 fully saturated rings. The predicted molar refractivity (Wildman–Crippen MR) is 54.4 cm³/mol. The molecule has 2 aromatic rings. The minimum absolute atomic E-state index is 0.606. The quantitative estimate of drug-likeness (QED) is 0.787. The zero-order valence-electron chi connectivity index (χ0n) is 7.40. The molecule has 2 aromatic heterocycles. The summed E-state index contributed by atoms with van der Waals surface area (Å²) in [6.45, 7) is 0.606. The Morgan fingerprint density at radius 3 is 2.92 bits per heavy atom. The van der Waals surface area contributed by atoms with E-state index in [0.717, 1.165) is 5.82 Å². The van der Waals surface area contributed by atoms with Gasteiger partial charge in [0.1, 0.15) is 5.82 Å². The van der Waals surface area contributed by atoms with Crippen LogP contribution in [0.3, 0.4) is 0 Å². The molecule has 0 bridgehead atoms. The molecule has 4 heteroatoms. The lowest BCUT2D eigenvalue weighted by Gasteiger charge is -1.96. The van der Waals surface area contributed by atoms with Crippen LogP contribution in [0.25, 0.3) is 10.7 Å². The van der Waals surface area contributed by atoms with Gasteiger partial charge in [-0.25, -0.2) is 4.98 Å². The van der Waals surface area contributed by atoms with Crippen molar-refractivity contribution in [1.82, 2.24) is 9.55 Å². The van der Waals surface area contributed by atoms with Gasteiger partial charge in [-0.05, 0) is 12.1 Å². The van der Waals surface area contributed by atoms with E-state index in [1.165, 1.54) is 9.75 Å². The maximum absolute atomic E-state index is 5.54. The van der Waals surface area contributed by atoms with E-state index in [2.05, 4.69) is 17.1 Å². The lowest BCUT2D eigenvalue weighted by molar-refractivity contribution is 0.928. The number of aryl methyl sites for hydroxylation is 1. The summed E-state index contributed by atoms with van der Waals surface area (Å²) in [6.07, 6.45) is 3.74. The number of nitrogens with two attached hydrogens (primary N) is 1. The third-order valence-corrected chi connectivity index (χ3v) is 3.01. The van der Waals surface area contributed by atoms with Crippen LogP contribution in [0.5, 0.6) is 0 Å². The fourth-order valence-corrected chi connectivity index (χ4v) is 2.14. The minimum atomic E-state index is 0.606. The number of hydrogen-bond donors (Lipinski definition) is 1. The van der Waals surface area contributed by atoms with Crippen LogP contribution in [0.1, 0.15) is 4.88 Å². The van der Waals surface area contributed by atoms with Crippen LogP contribution < -0.4 is 5.73 Å². The highest BCUT2D eigenvalue weighted by molar-refractivity contribution is 7.15. The number of hydrogen-bond acceptors (Lipinski definition) is 3. The van der Waals surface area contributed by atoms with Crippen LogP contribution in [-0.4, -0.2) is 9.55 Å². The van der Waals surface area contributed by atoms with E-state index < -0.39 is 0 Å². The van der Waals surface area contributed by atoms with E-state index in [9.17, 15) is 0 Å². The molecule has 0 aromatic carbocycles. The average molecular weight is 193 g/mol. The van der Waals surface area contributed by atoms with Crippen molar-refractivity contribution in [3.8, 4) is 10.7 Å².